The average molecular weight is 584 g/mol. The quantitative estimate of drug-likeness (QED) is 0.125. The molecule has 3 heterocycles. The van der Waals surface area contributed by atoms with E-state index in [0.717, 1.165) is 23.5 Å². The SMILES string of the molecule is Cc1c(-c2cc(S(=O)(=O)O)c(CCCCCC(=O)On3c(O)ccc3O)s2)c(=O)oc2cc(O)c(Cl)cc12. The third-order valence-electron chi connectivity index (χ3n) is 5.80. The first kappa shape index (κ1) is 27.5. The van der Waals surface area contributed by atoms with Gasteiger partial charge < -0.3 is 24.6 Å². The molecule has 0 amide bonds. The summed E-state index contributed by atoms with van der Waals surface area (Å²) in [6.45, 7) is 1.64. The van der Waals surface area contributed by atoms with Crippen LogP contribution in [0.2, 0.25) is 5.02 Å². The molecule has 4 rings (SSSR count). The van der Waals surface area contributed by atoms with Gasteiger partial charge in [-0.05, 0) is 43.9 Å². The van der Waals surface area contributed by atoms with Crippen LogP contribution in [0.25, 0.3) is 21.4 Å². The van der Waals surface area contributed by atoms with E-state index >= 15 is 0 Å². The number of fused-ring (bicyclic) bond motifs is 1. The number of unbranched alkanes of at least 4 members (excludes halogenated alkanes) is 2. The van der Waals surface area contributed by atoms with Crippen molar-refractivity contribution < 1.29 is 42.3 Å². The van der Waals surface area contributed by atoms with Crippen molar-refractivity contribution in [2.45, 2.75) is 43.9 Å². The third kappa shape index (κ3) is 5.65. The van der Waals surface area contributed by atoms with Crippen LogP contribution in [0.3, 0.4) is 0 Å². The van der Waals surface area contributed by atoms with Crippen molar-refractivity contribution in [1.29, 1.82) is 0 Å². The first-order valence-electron chi connectivity index (χ1n) is 11.2. The smallest absolute Gasteiger partial charge is 0.345 e. The summed E-state index contributed by atoms with van der Waals surface area (Å²) < 4.78 is 39.8. The second kappa shape index (κ2) is 10.7. The number of aryl methyl sites for hydroxylation is 2. The average Bonchev–Trinajstić information content (AvgIpc) is 3.39. The molecule has 0 aliphatic heterocycles. The fourth-order valence-corrected chi connectivity index (χ4v) is 6.47. The Kier molecular flexibility index (Phi) is 7.74. The van der Waals surface area contributed by atoms with Gasteiger partial charge in [-0.25, -0.2) is 9.59 Å². The Bertz CT molecular complexity index is 1680. The van der Waals surface area contributed by atoms with Crippen LogP contribution in [-0.4, -0.2) is 39.0 Å². The number of phenolic OH excluding ortho intramolecular Hbond substituents is 1. The van der Waals surface area contributed by atoms with Gasteiger partial charge in [-0.1, -0.05) is 18.0 Å². The molecule has 0 saturated heterocycles. The minimum Gasteiger partial charge on any atom is -0.506 e. The van der Waals surface area contributed by atoms with Crippen LogP contribution in [-0.2, 0) is 21.3 Å². The Morgan fingerprint density at radius 1 is 1.11 bits per heavy atom. The molecule has 0 atom stereocenters. The molecule has 1 aromatic carbocycles. The Labute approximate surface area is 224 Å². The molecule has 0 unspecified atom stereocenters. The Morgan fingerprint density at radius 3 is 2.45 bits per heavy atom. The number of carbonyl (C=O) groups excluding carboxylic acids is 1. The van der Waals surface area contributed by atoms with Gasteiger partial charge >= 0.3 is 11.6 Å². The molecule has 0 aliphatic carbocycles. The predicted octanol–water partition coefficient (Wildman–Crippen LogP) is 4.41. The van der Waals surface area contributed by atoms with E-state index in [9.17, 15) is 37.9 Å². The van der Waals surface area contributed by atoms with Gasteiger partial charge in [0.2, 0.25) is 11.8 Å². The van der Waals surface area contributed by atoms with Crippen LogP contribution in [0.15, 0.2) is 44.4 Å². The van der Waals surface area contributed by atoms with E-state index in [0.29, 0.717) is 39.8 Å². The van der Waals surface area contributed by atoms with Gasteiger partial charge in [0.1, 0.15) is 16.2 Å². The van der Waals surface area contributed by atoms with E-state index in [4.69, 9.17) is 20.9 Å². The maximum absolute atomic E-state index is 12.8. The lowest BCUT2D eigenvalue weighted by Crippen LogP contribution is -2.18. The first-order valence-corrected chi connectivity index (χ1v) is 13.9. The van der Waals surface area contributed by atoms with Gasteiger partial charge in [0, 0.05) is 39.8 Å². The van der Waals surface area contributed by atoms with Gasteiger partial charge in [0.15, 0.2) is 0 Å². The van der Waals surface area contributed by atoms with Gasteiger partial charge in [-0.2, -0.15) is 8.42 Å². The number of hydrogen-bond donors (Lipinski definition) is 4. The summed E-state index contributed by atoms with van der Waals surface area (Å²) in [7, 11) is -4.60. The van der Waals surface area contributed by atoms with Crippen LogP contribution in [0.4, 0.5) is 0 Å². The van der Waals surface area contributed by atoms with Crippen LogP contribution >= 0.6 is 22.9 Å². The summed E-state index contributed by atoms with van der Waals surface area (Å²) in [5, 5.41) is 29.4. The van der Waals surface area contributed by atoms with Crippen molar-refractivity contribution in [3.05, 3.63) is 56.2 Å². The molecule has 14 heteroatoms. The molecule has 11 nitrogen and oxygen atoms in total. The summed E-state index contributed by atoms with van der Waals surface area (Å²) in [6, 6.07) is 6.20. The highest BCUT2D eigenvalue weighted by molar-refractivity contribution is 7.86. The Balaban J connectivity index is 1.50. The second-order valence-electron chi connectivity index (χ2n) is 8.43. The van der Waals surface area contributed by atoms with E-state index in [1.807, 2.05) is 0 Å². The van der Waals surface area contributed by atoms with Crippen LogP contribution in [0.1, 0.15) is 36.1 Å². The van der Waals surface area contributed by atoms with Crippen molar-refractivity contribution >= 4 is 50.0 Å². The number of aromatic nitrogens is 1. The topological polar surface area (TPSA) is 176 Å². The van der Waals surface area contributed by atoms with E-state index < -0.39 is 33.5 Å². The molecule has 4 N–H and O–H groups in total. The molecule has 0 fully saturated rings. The summed E-state index contributed by atoms with van der Waals surface area (Å²) >= 11 is 7.03. The fourth-order valence-electron chi connectivity index (χ4n) is 3.95. The number of rotatable bonds is 9. The van der Waals surface area contributed by atoms with E-state index in [-0.39, 0.29) is 44.5 Å². The zero-order valence-corrected chi connectivity index (χ0v) is 22.2. The molecular formula is C24H22ClNO10S2. The molecule has 0 aliphatic rings. The van der Waals surface area contributed by atoms with E-state index in [1.54, 1.807) is 6.92 Å². The number of hydrogen-bond acceptors (Lipinski definition) is 10. The molecule has 0 saturated carbocycles. The number of phenols is 1. The summed E-state index contributed by atoms with van der Waals surface area (Å²) in [5.74, 6) is -1.80. The lowest BCUT2D eigenvalue weighted by Gasteiger charge is -2.07. The van der Waals surface area contributed by atoms with E-state index in [2.05, 4.69) is 0 Å². The number of carbonyl (C=O) groups is 1. The zero-order chi connectivity index (χ0) is 27.8. The third-order valence-corrected chi connectivity index (χ3v) is 8.37. The molecule has 38 heavy (non-hydrogen) atoms. The van der Waals surface area contributed by atoms with E-state index in [1.165, 1.54) is 18.2 Å². The number of benzene rings is 1. The van der Waals surface area contributed by atoms with Crippen molar-refractivity contribution in [1.82, 2.24) is 4.73 Å². The monoisotopic (exact) mass is 583 g/mol. The Morgan fingerprint density at radius 2 is 1.79 bits per heavy atom. The molecule has 0 bridgehead atoms. The molecule has 4 aromatic rings. The van der Waals surface area contributed by atoms with Crippen molar-refractivity contribution in [3.63, 3.8) is 0 Å². The van der Waals surface area contributed by atoms with Gasteiger partial charge in [-0.3, -0.25) is 4.55 Å². The van der Waals surface area contributed by atoms with Crippen molar-refractivity contribution in [2.75, 3.05) is 0 Å². The molecular weight excluding hydrogens is 562 g/mol. The lowest BCUT2D eigenvalue weighted by molar-refractivity contribution is -0.145. The number of aromatic hydroxyl groups is 3. The van der Waals surface area contributed by atoms with Crippen LogP contribution < -0.4 is 10.5 Å². The van der Waals surface area contributed by atoms with Crippen LogP contribution in [0, 0.1) is 6.92 Å². The maximum Gasteiger partial charge on any atom is 0.345 e. The van der Waals surface area contributed by atoms with Gasteiger partial charge in [0.25, 0.3) is 10.1 Å². The number of nitrogens with zero attached hydrogens (tertiary/aromatic N) is 1. The van der Waals surface area contributed by atoms with Gasteiger partial charge in [0.05, 0.1) is 10.6 Å². The van der Waals surface area contributed by atoms with Crippen molar-refractivity contribution in [3.8, 4) is 28.0 Å². The molecule has 3 aromatic heterocycles. The number of thiophene rings is 1. The van der Waals surface area contributed by atoms with Gasteiger partial charge in [-0.15, -0.1) is 16.1 Å². The van der Waals surface area contributed by atoms with Crippen LogP contribution in [0.5, 0.6) is 17.5 Å². The minimum absolute atomic E-state index is 0.0205. The zero-order valence-electron chi connectivity index (χ0n) is 19.8. The second-order valence-corrected chi connectivity index (χ2v) is 11.4. The highest BCUT2D eigenvalue weighted by atomic mass is 35.5. The van der Waals surface area contributed by atoms with Crippen molar-refractivity contribution in [2.24, 2.45) is 0 Å². The first-order chi connectivity index (χ1) is 17.9. The summed E-state index contributed by atoms with van der Waals surface area (Å²) in [5.41, 5.74) is -0.0545. The normalized spacial score (nSPS) is 11.8. The lowest BCUT2D eigenvalue weighted by atomic mass is 10.0. The molecule has 0 spiro atoms. The predicted molar refractivity (Wildman–Crippen MR) is 139 cm³/mol. The number of halogens is 1. The standard InChI is InChI=1S/C24H22ClNO10S2/c1-12-13-9-14(25)15(27)10-16(13)35-24(31)23(12)18-11-19(38(32,33)34)17(37-18)5-3-2-4-6-22(30)36-26-20(28)7-8-21(26)29/h7-11,27-29H,2-6H2,1H3,(H,32,33,34). The Hall–Kier alpha value is -3.52. The highest BCUT2D eigenvalue weighted by Gasteiger charge is 2.24. The summed E-state index contributed by atoms with van der Waals surface area (Å²) in [4.78, 5) is 29.9. The fraction of sp³-hybridized carbons (Fsp3) is 0.250. The minimum atomic E-state index is -4.60. The molecule has 202 valence electrons. The highest BCUT2D eigenvalue weighted by Crippen LogP contribution is 2.38. The maximum atomic E-state index is 12.8. The molecule has 0 radical (unpaired) electrons. The largest absolute Gasteiger partial charge is 0.506 e. The summed E-state index contributed by atoms with van der Waals surface area (Å²) in [6.07, 6.45) is 1.55.